The summed E-state index contributed by atoms with van der Waals surface area (Å²) in [5.41, 5.74) is 1.34. The van der Waals surface area contributed by atoms with E-state index in [1.54, 1.807) is 30.2 Å². The topological polar surface area (TPSA) is 49.8 Å². The number of aromatic hydroxyl groups is 1. The molecular formula is C13H17NO3. The van der Waals surface area contributed by atoms with Gasteiger partial charge in [-0.1, -0.05) is 11.6 Å². The van der Waals surface area contributed by atoms with Crippen LogP contribution in [0.5, 0.6) is 5.75 Å². The van der Waals surface area contributed by atoms with E-state index < -0.39 is 0 Å². The third-order valence-electron chi connectivity index (χ3n) is 3.15. The van der Waals surface area contributed by atoms with Crippen LogP contribution in [0.1, 0.15) is 22.3 Å². The predicted octanol–water partition coefficient (Wildman–Crippen LogP) is 1.56. The van der Waals surface area contributed by atoms with Gasteiger partial charge in [0.05, 0.1) is 11.7 Å². The molecule has 1 aromatic carbocycles. The Balaban J connectivity index is 2.17. The van der Waals surface area contributed by atoms with Crippen molar-refractivity contribution in [2.45, 2.75) is 19.4 Å². The fraction of sp³-hybridized carbons (Fsp3) is 0.462. The Hall–Kier alpha value is -1.55. The van der Waals surface area contributed by atoms with E-state index in [0.29, 0.717) is 18.7 Å². The van der Waals surface area contributed by atoms with E-state index in [4.69, 9.17) is 4.74 Å². The Morgan fingerprint density at radius 1 is 1.53 bits per heavy atom. The zero-order valence-corrected chi connectivity index (χ0v) is 10.1. The summed E-state index contributed by atoms with van der Waals surface area (Å²) < 4.78 is 5.22. The largest absolute Gasteiger partial charge is 0.507 e. The first-order valence-electron chi connectivity index (χ1n) is 5.73. The van der Waals surface area contributed by atoms with Gasteiger partial charge in [0.25, 0.3) is 5.91 Å². The van der Waals surface area contributed by atoms with Crippen molar-refractivity contribution in [2.75, 3.05) is 20.2 Å². The zero-order valence-electron chi connectivity index (χ0n) is 10.1. The summed E-state index contributed by atoms with van der Waals surface area (Å²) in [5.74, 6) is -0.0767. The van der Waals surface area contributed by atoms with Gasteiger partial charge in [0.1, 0.15) is 5.75 Å². The summed E-state index contributed by atoms with van der Waals surface area (Å²) >= 11 is 0. The smallest absolute Gasteiger partial charge is 0.257 e. The molecule has 0 aliphatic carbocycles. The molecule has 0 bridgehead atoms. The number of hydrogen-bond donors (Lipinski definition) is 1. The van der Waals surface area contributed by atoms with E-state index >= 15 is 0 Å². The van der Waals surface area contributed by atoms with Gasteiger partial charge in [-0.25, -0.2) is 0 Å². The monoisotopic (exact) mass is 235 g/mol. The van der Waals surface area contributed by atoms with Gasteiger partial charge in [-0.3, -0.25) is 4.79 Å². The van der Waals surface area contributed by atoms with Crippen molar-refractivity contribution in [3.8, 4) is 5.75 Å². The van der Waals surface area contributed by atoms with Crippen LogP contribution in [0.25, 0.3) is 0 Å². The number of rotatable bonds is 2. The number of benzene rings is 1. The number of carbonyl (C=O) groups excluding carboxylic acids is 1. The third-order valence-corrected chi connectivity index (χ3v) is 3.15. The average Bonchev–Trinajstić information content (AvgIpc) is 2.80. The van der Waals surface area contributed by atoms with Crippen LogP contribution in [-0.4, -0.2) is 42.2 Å². The molecule has 0 spiro atoms. The fourth-order valence-corrected chi connectivity index (χ4v) is 2.10. The summed E-state index contributed by atoms with van der Waals surface area (Å²) in [6.07, 6.45) is 0.973. The number of phenols is 1. The molecule has 17 heavy (non-hydrogen) atoms. The highest BCUT2D eigenvalue weighted by atomic mass is 16.5. The standard InChI is InChI=1S/C13H17NO3/c1-9-3-4-12(15)11(7-9)13(16)14-6-5-10(8-14)17-2/h3-4,7,10,15H,5-6,8H2,1-2H3. The van der Waals surface area contributed by atoms with Crippen molar-refractivity contribution in [3.05, 3.63) is 29.3 Å². The maximum atomic E-state index is 12.2. The van der Waals surface area contributed by atoms with E-state index in [1.807, 2.05) is 6.92 Å². The Morgan fingerprint density at radius 3 is 2.94 bits per heavy atom. The minimum absolute atomic E-state index is 0.0430. The Kier molecular flexibility index (Phi) is 3.33. The van der Waals surface area contributed by atoms with Crippen molar-refractivity contribution in [2.24, 2.45) is 0 Å². The number of ether oxygens (including phenoxy) is 1. The molecule has 2 rings (SSSR count). The summed E-state index contributed by atoms with van der Waals surface area (Å²) in [7, 11) is 1.66. The summed E-state index contributed by atoms with van der Waals surface area (Å²) in [4.78, 5) is 13.9. The van der Waals surface area contributed by atoms with Gasteiger partial charge >= 0.3 is 0 Å². The van der Waals surface area contributed by atoms with Crippen LogP contribution in [0, 0.1) is 6.92 Å². The van der Waals surface area contributed by atoms with Crippen LogP contribution in [-0.2, 0) is 4.74 Å². The van der Waals surface area contributed by atoms with Gasteiger partial charge in [0.2, 0.25) is 0 Å². The second kappa shape index (κ2) is 4.75. The fourth-order valence-electron chi connectivity index (χ4n) is 2.10. The highest BCUT2D eigenvalue weighted by Crippen LogP contribution is 2.22. The highest BCUT2D eigenvalue weighted by molar-refractivity contribution is 5.97. The number of aryl methyl sites for hydroxylation is 1. The van der Waals surface area contributed by atoms with E-state index in [2.05, 4.69) is 0 Å². The van der Waals surface area contributed by atoms with Crippen molar-refractivity contribution in [1.29, 1.82) is 0 Å². The number of nitrogens with zero attached hydrogens (tertiary/aromatic N) is 1. The van der Waals surface area contributed by atoms with Crippen LogP contribution >= 0.6 is 0 Å². The van der Waals surface area contributed by atoms with Crippen molar-refractivity contribution >= 4 is 5.91 Å². The SMILES string of the molecule is COC1CCN(C(=O)c2cc(C)ccc2O)C1. The molecule has 1 fully saturated rings. The molecule has 0 aromatic heterocycles. The molecule has 1 aliphatic heterocycles. The molecule has 1 amide bonds. The maximum absolute atomic E-state index is 12.2. The average molecular weight is 235 g/mol. The zero-order chi connectivity index (χ0) is 12.4. The van der Waals surface area contributed by atoms with Crippen LogP contribution in [0.3, 0.4) is 0 Å². The third kappa shape index (κ3) is 2.42. The Bertz CT molecular complexity index is 431. The highest BCUT2D eigenvalue weighted by Gasteiger charge is 2.27. The van der Waals surface area contributed by atoms with Crippen LogP contribution in [0.2, 0.25) is 0 Å². The lowest BCUT2D eigenvalue weighted by Crippen LogP contribution is -2.30. The van der Waals surface area contributed by atoms with Gasteiger partial charge in [0, 0.05) is 20.2 Å². The second-order valence-electron chi connectivity index (χ2n) is 4.42. The van der Waals surface area contributed by atoms with Gasteiger partial charge in [0.15, 0.2) is 0 Å². The molecule has 1 aromatic rings. The lowest BCUT2D eigenvalue weighted by atomic mass is 10.1. The minimum Gasteiger partial charge on any atom is -0.507 e. The van der Waals surface area contributed by atoms with Crippen LogP contribution in [0.15, 0.2) is 18.2 Å². The maximum Gasteiger partial charge on any atom is 0.257 e. The van der Waals surface area contributed by atoms with Gasteiger partial charge in [-0.15, -0.1) is 0 Å². The minimum atomic E-state index is -0.120. The second-order valence-corrected chi connectivity index (χ2v) is 4.42. The van der Waals surface area contributed by atoms with E-state index in [1.165, 1.54) is 0 Å². The molecule has 1 N–H and O–H groups in total. The molecule has 1 atom stereocenters. The summed E-state index contributed by atoms with van der Waals surface area (Å²) in [5, 5.41) is 9.71. The number of amides is 1. The normalized spacial score (nSPS) is 19.6. The summed E-state index contributed by atoms with van der Waals surface area (Å²) in [6, 6.07) is 5.07. The number of hydrogen-bond acceptors (Lipinski definition) is 3. The Labute approximate surface area is 101 Å². The molecule has 1 unspecified atom stereocenters. The van der Waals surface area contributed by atoms with Crippen LogP contribution in [0.4, 0.5) is 0 Å². The number of methoxy groups -OCH3 is 1. The number of phenolic OH excluding ortho intramolecular Hbond substituents is 1. The van der Waals surface area contributed by atoms with Gasteiger partial charge in [-0.05, 0) is 25.5 Å². The molecule has 1 aliphatic rings. The summed E-state index contributed by atoms with van der Waals surface area (Å²) in [6.45, 7) is 3.19. The lowest BCUT2D eigenvalue weighted by molar-refractivity contribution is 0.0721. The molecule has 92 valence electrons. The molecule has 1 saturated heterocycles. The first kappa shape index (κ1) is 11.9. The van der Waals surface area contributed by atoms with Gasteiger partial charge < -0.3 is 14.7 Å². The molecule has 0 saturated carbocycles. The first-order chi connectivity index (χ1) is 8.11. The predicted molar refractivity (Wildman–Crippen MR) is 64.2 cm³/mol. The van der Waals surface area contributed by atoms with E-state index in [0.717, 1.165) is 12.0 Å². The van der Waals surface area contributed by atoms with Crippen molar-refractivity contribution in [1.82, 2.24) is 4.90 Å². The quantitative estimate of drug-likeness (QED) is 0.846. The van der Waals surface area contributed by atoms with Crippen molar-refractivity contribution in [3.63, 3.8) is 0 Å². The molecule has 4 nitrogen and oxygen atoms in total. The molecule has 0 radical (unpaired) electrons. The molecule has 4 heteroatoms. The van der Waals surface area contributed by atoms with E-state index in [9.17, 15) is 9.90 Å². The first-order valence-corrected chi connectivity index (χ1v) is 5.73. The van der Waals surface area contributed by atoms with E-state index in [-0.39, 0.29) is 17.8 Å². The number of likely N-dealkylation sites (tertiary alicyclic amines) is 1. The van der Waals surface area contributed by atoms with Crippen LogP contribution < -0.4 is 0 Å². The van der Waals surface area contributed by atoms with Gasteiger partial charge in [-0.2, -0.15) is 0 Å². The number of carbonyl (C=O) groups is 1. The molecule has 1 heterocycles. The molecular weight excluding hydrogens is 218 g/mol. The lowest BCUT2D eigenvalue weighted by Gasteiger charge is -2.17. The Morgan fingerprint density at radius 2 is 2.29 bits per heavy atom. The van der Waals surface area contributed by atoms with Crippen molar-refractivity contribution < 1.29 is 14.6 Å².